The van der Waals surface area contributed by atoms with Gasteiger partial charge in [-0.25, -0.2) is 4.98 Å². The highest BCUT2D eigenvalue weighted by atomic mass is 79.9. The summed E-state index contributed by atoms with van der Waals surface area (Å²) >= 11 is 6.16. The van der Waals surface area contributed by atoms with Crippen LogP contribution in [0, 0.1) is 0 Å². The van der Waals surface area contributed by atoms with Gasteiger partial charge in [-0.15, -0.1) is 11.3 Å². The molecule has 0 saturated heterocycles. The van der Waals surface area contributed by atoms with Crippen molar-refractivity contribution in [2.75, 3.05) is 0 Å². The largest absolute Gasteiger partial charge is 0.241 e. The van der Waals surface area contributed by atoms with Gasteiger partial charge in [0.1, 0.15) is 5.01 Å². The highest BCUT2D eigenvalue weighted by Crippen LogP contribution is 2.68. The molecule has 1 heterocycles. The van der Waals surface area contributed by atoms with Crippen LogP contribution in [0.1, 0.15) is 46.5 Å². The van der Waals surface area contributed by atoms with E-state index in [0.717, 1.165) is 11.9 Å². The zero-order chi connectivity index (χ0) is 18.2. The van der Waals surface area contributed by atoms with Crippen LogP contribution in [0.3, 0.4) is 0 Å². The van der Waals surface area contributed by atoms with E-state index in [1.165, 1.54) is 32.0 Å². The molecule has 1 aromatic heterocycles. The molecule has 0 N–H and O–H groups in total. The van der Waals surface area contributed by atoms with E-state index in [9.17, 15) is 0 Å². The molecule has 3 aliphatic carbocycles. The van der Waals surface area contributed by atoms with Crippen LogP contribution in [0.15, 0.2) is 72.8 Å². The average molecular weight is 432 g/mol. The van der Waals surface area contributed by atoms with E-state index in [2.05, 4.69) is 95.7 Å². The lowest BCUT2D eigenvalue weighted by Crippen LogP contribution is -2.52. The third-order valence-corrected chi connectivity index (χ3v) is 9.58. The predicted octanol–water partition coefficient (Wildman–Crippen LogP) is 6.74. The number of para-hydroxylation sites is 1. The Bertz CT molecular complexity index is 1130. The Hall–Kier alpha value is -1.97. The second kappa shape index (κ2) is 5.30. The number of fused-ring (bicyclic) bond motifs is 2. The molecule has 27 heavy (non-hydrogen) atoms. The van der Waals surface area contributed by atoms with Crippen molar-refractivity contribution in [3.63, 3.8) is 0 Å². The number of alkyl halides is 1. The molecule has 1 nitrogen and oxygen atoms in total. The van der Waals surface area contributed by atoms with Crippen LogP contribution >= 0.6 is 27.3 Å². The van der Waals surface area contributed by atoms with Gasteiger partial charge in [-0.05, 0) is 40.8 Å². The molecule has 4 aromatic rings. The number of benzene rings is 3. The first-order valence-corrected chi connectivity index (χ1v) is 11.0. The maximum absolute atomic E-state index is 5.11. The van der Waals surface area contributed by atoms with Crippen LogP contribution in [0.5, 0.6) is 0 Å². The van der Waals surface area contributed by atoms with Gasteiger partial charge < -0.3 is 0 Å². The topological polar surface area (TPSA) is 12.9 Å². The number of halogens is 1. The first kappa shape index (κ1) is 16.0. The van der Waals surface area contributed by atoms with Gasteiger partial charge in [-0.2, -0.15) is 0 Å². The lowest BCUT2D eigenvalue weighted by Gasteiger charge is -2.56. The molecule has 2 bridgehead atoms. The molecule has 0 radical (unpaired) electrons. The zero-order valence-corrected chi connectivity index (χ0v) is 17.3. The standard InChI is InChI=1S/C24H18BrNS/c1-23(22-26-20-12-6-7-13-21(20)27-22)14-17-15-8-2-4-10-18(15)24(23,25)19-11-5-3-9-16(17)19/h2-13,17H,14H2,1H3. The summed E-state index contributed by atoms with van der Waals surface area (Å²) in [4.78, 5) is 5.11. The maximum atomic E-state index is 5.11. The van der Waals surface area contributed by atoms with E-state index in [1.54, 1.807) is 0 Å². The normalized spacial score (nSPS) is 28.1. The first-order valence-electron chi connectivity index (χ1n) is 9.37. The Morgan fingerprint density at radius 3 is 2.15 bits per heavy atom. The minimum atomic E-state index is -0.254. The van der Waals surface area contributed by atoms with Gasteiger partial charge in [-0.1, -0.05) is 83.5 Å². The van der Waals surface area contributed by atoms with Crippen molar-refractivity contribution in [3.05, 3.63) is 100 Å². The second-order valence-corrected chi connectivity index (χ2v) is 10.1. The molecule has 0 fully saturated rings. The fourth-order valence-corrected chi connectivity index (χ4v) is 7.63. The molecule has 1 atom stereocenters. The summed E-state index contributed by atoms with van der Waals surface area (Å²) in [6.07, 6.45) is 1.08. The number of hydrogen-bond acceptors (Lipinski definition) is 2. The van der Waals surface area contributed by atoms with Crippen molar-refractivity contribution in [1.29, 1.82) is 0 Å². The fraction of sp³-hybridized carbons (Fsp3) is 0.208. The van der Waals surface area contributed by atoms with Gasteiger partial charge >= 0.3 is 0 Å². The smallest absolute Gasteiger partial charge is 0.102 e. The fourth-order valence-electron chi connectivity index (χ4n) is 5.25. The molecular formula is C24H18BrNS. The Kier molecular flexibility index (Phi) is 3.15. The lowest BCUT2D eigenvalue weighted by molar-refractivity contribution is 0.293. The molecule has 0 amide bonds. The predicted molar refractivity (Wildman–Crippen MR) is 116 cm³/mol. The Balaban J connectivity index is 1.69. The Labute approximate surface area is 171 Å². The molecule has 3 aliphatic rings. The van der Waals surface area contributed by atoms with Crippen molar-refractivity contribution < 1.29 is 0 Å². The monoisotopic (exact) mass is 431 g/mol. The van der Waals surface area contributed by atoms with Crippen LogP contribution in [-0.2, 0) is 9.74 Å². The molecule has 3 heteroatoms. The van der Waals surface area contributed by atoms with Crippen molar-refractivity contribution >= 4 is 37.5 Å². The van der Waals surface area contributed by atoms with E-state index >= 15 is 0 Å². The van der Waals surface area contributed by atoms with Crippen molar-refractivity contribution in [2.24, 2.45) is 0 Å². The van der Waals surface area contributed by atoms with Gasteiger partial charge in [0, 0.05) is 11.3 Å². The van der Waals surface area contributed by atoms with Gasteiger partial charge in [0.25, 0.3) is 0 Å². The third-order valence-electron chi connectivity index (χ3n) is 6.55. The molecule has 132 valence electrons. The van der Waals surface area contributed by atoms with Crippen molar-refractivity contribution in [3.8, 4) is 0 Å². The second-order valence-electron chi connectivity index (χ2n) is 7.91. The van der Waals surface area contributed by atoms with Crippen LogP contribution in [-0.4, -0.2) is 4.98 Å². The number of nitrogens with zero attached hydrogens (tertiary/aromatic N) is 1. The maximum Gasteiger partial charge on any atom is 0.102 e. The van der Waals surface area contributed by atoms with Gasteiger partial charge in [0.15, 0.2) is 0 Å². The Morgan fingerprint density at radius 2 is 1.48 bits per heavy atom. The molecule has 0 spiro atoms. The number of hydrogen-bond donors (Lipinski definition) is 0. The summed E-state index contributed by atoms with van der Waals surface area (Å²) in [7, 11) is 0. The van der Waals surface area contributed by atoms with Gasteiger partial charge in [-0.3, -0.25) is 0 Å². The highest BCUT2D eigenvalue weighted by molar-refractivity contribution is 9.09. The van der Waals surface area contributed by atoms with E-state index in [0.29, 0.717) is 5.92 Å². The lowest BCUT2D eigenvalue weighted by atomic mass is 9.52. The third kappa shape index (κ3) is 1.87. The Morgan fingerprint density at radius 1 is 0.889 bits per heavy atom. The molecular weight excluding hydrogens is 414 g/mol. The number of aromatic nitrogens is 1. The van der Waals surface area contributed by atoms with Crippen LogP contribution in [0.2, 0.25) is 0 Å². The summed E-state index contributed by atoms with van der Waals surface area (Å²) < 4.78 is 1.02. The van der Waals surface area contributed by atoms with Gasteiger partial charge in [0.2, 0.25) is 0 Å². The molecule has 7 rings (SSSR count). The summed E-state index contributed by atoms with van der Waals surface area (Å²) in [5.74, 6) is 0.425. The summed E-state index contributed by atoms with van der Waals surface area (Å²) in [5.41, 5.74) is 6.75. The minimum absolute atomic E-state index is 0.0932. The number of rotatable bonds is 1. The quantitative estimate of drug-likeness (QED) is 0.304. The van der Waals surface area contributed by atoms with E-state index in [-0.39, 0.29) is 9.74 Å². The van der Waals surface area contributed by atoms with E-state index in [4.69, 9.17) is 4.98 Å². The van der Waals surface area contributed by atoms with Crippen molar-refractivity contribution in [2.45, 2.75) is 29.0 Å². The van der Waals surface area contributed by atoms with Gasteiger partial charge in [0.05, 0.1) is 14.5 Å². The molecule has 1 unspecified atom stereocenters. The van der Waals surface area contributed by atoms with Crippen LogP contribution in [0.25, 0.3) is 10.2 Å². The SMILES string of the molecule is CC1(c2nc3ccccc3s2)CC2c3ccccc3C1(Br)c1ccccc12. The first-order chi connectivity index (χ1) is 13.1. The highest BCUT2D eigenvalue weighted by Gasteiger charge is 2.61. The van der Waals surface area contributed by atoms with Crippen molar-refractivity contribution in [1.82, 2.24) is 4.98 Å². The zero-order valence-electron chi connectivity index (χ0n) is 14.9. The number of thiazole rings is 1. The molecule has 3 aromatic carbocycles. The molecule has 0 saturated carbocycles. The summed E-state index contributed by atoms with van der Waals surface area (Å²) in [6, 6.07) is 26.4. The van der Waals surface area contributed by atoms with E-state index in [1.807, 2.05) is 11.3 Å². The summed E-state index contributed by atoms with van der Waals surface area (Å²) in [6.45, 7) is 2.40. The van der Waals surface area contributed by atoms with Crippen LogP contribution in [0.4, 0.5) is 0 Å². The van der Waals surface area contributed by atoms with E-state index < -0.39 is 0 Å². The molecule has 0 aliphatic heterocycles. The minimum Gasteiger partial charge on any atom is -0.241 e. The average Bonchev–Trinajstić information content (AvgIpc) is 3.15. The van der Waals surface area contributed by atoms with Crippen LogP contribution < -0.4 is 0 Å². The summed E-state index contributed by atoms with van der Waals surface area (Å²) in [5, 5.41) is 1.23.